The molecule has 0 aliphatic heterocycles. The number of fused-ring (bicyclic) bond motifs is 12. The van der Waals surface area contributed by atoms with Crippen molar-refractivity contribution in [1.82, 2.24) is 0 Å². The van der Waals surface area contributed by atoms with Gasteiger partial charge in [-0.25, -0.2) is 0 Å². The van der Waals surface area contributed by atoms with Crippen molar-refractivity contribution in [3.05, 3.63) is 236 Å². The zero-order valence-corrected chi connectivity index (χ0v) is 36.2. The van der Waals surface area contributed by atoms with E-state index in [0.29, 0.717) is 0 Å². The van der Waals surface area contributed by atoms with Crippen molar-refractivity contribution in [2.24, 2.45) is 0 Å². The van der Waals surface area contributed by atoms with Crippen molar-refractivity contribution in [2.45, 2.75) is 19.3 Å². The van der Waals surface area contributed by atoms with Crippen molar-refractivity contribution < 1.29 is 4.42 Å². The van der Waals surface area contributed by atoms with Crippen LogP contribution in [0.2, 0.25) is 0 Å². The van der Waals surface area contributed by atoms with Crippen molar-refractivity contribution in [2.75, 3.05) is 4.90 Å². The van der Waals surface area contributed by atoms with E-state index in [1.54, 1.807) is 0 Å². The van der Waals surface area contributed by atoms with Crippen LogP contribution in [0.3, 0.4) is 0 Å². The van der Waals surface area contributed by atoms with E-state index in [-0.39, 0.29) is 5.41 Å². The molecule has 12 aromatic rings. The number of benzene rings is 11. The third-order valence-electron chi connectivity index (χ3n) is 14.1. The number of rotatable bonds is 6. The summed E-state index contributed by atoms with van der Waals surface area (Å²) in [6.07, 6.45) is 0. The molecule has 11 aromatic carbocycles. The highest BCUT2D eigenvalue weighted by atomic mass is 16.3. The van der Waals surface area contributed by atoms with Crippen molar-refractivity contribution in [3.8, 4) is 44.5 Å². The number of hydrogen-bond donors (Lipinski definition) is 0. The summed E-state index contributed by atoms with van der Waals surface area (Å²) >= 11 is 0. The molecule has 0 radical (unpaired) electrons. The van der Waals surface area contributed by atoms with Gasteiger partial charge in [-0.3, -0.25) is 0 Å². The number of furan rings is 1. The van der Waals surface area contributed by atoms with Crippen LogP contribution in [0.4, 0.5) is 17.1 Å². The fourth-order valence-corrected chi connectivity index (χ4v) is 10.9. The predicted octanol–water partition coefficient (Wildman–Crippen LogP) is 17.8. The van der Waals surface area contributed by atoms with E-state index in [1.165, 1.54) is 76.8 Å². The minimum Gasteiger partial charge on any atom is -0.456 e. The van der Waals surface area contributed by atoms with Crippen LogP contribution >= 0.6 is 0 Å². The first kappa shape index (κ1) is 37.4. The van der Waals surface area contributed by atoms with Gasteiger partial charge in [-0.1, -0.05) is 184 Å². The predicted molar refractivity (Wildman–Crippen MR) is 275 cm³/mol. The summed E-state index contributed by atoms with van der Waals surface area (Å²) in [5, 5.41) is 9.77. The van der Waals surface area contributed by atoms with Gasteiger partial charge in [-0.15, -0.1) is 0 Å². The molecule has 65 heavy (non-hydrogen) atoms. The molecule has 1 aliphatic rings. The first-order valence-corrected chi connectivity index (χ1v) is 22.6. The smallest absolute Gasteiger partial charge is 0.136 e. The number of anilines is 3. The quantitative estimate of drug-likeness (QED) is 0.155. The van der Waals surface area contributed by atoms with E-state index < -0.39 is 0 Å². The third-order valence-corrected chi connectivity index (χ3v) is 14.1. The molecule has 0 bridgehead atoms. The lowest BCUT2D eigenvalue weighted by atomic mass is 9.82. The lowest BCUT2D eigenvalue weighted by Gasteiger charge is -2.28. The van der Waals surface area contributed by atoms with Gasteiger partial charge < -0.3 is 9.32 Å². The Morgan fingerprint density at radius 2 is 0.815 bits per heavy atom. The molecule has 2 heteroatoms. The van der Waals surface area contributed by atoms with Crippen LogP contribution in [0, 0.1) is 0 Å². The van der Waals surface area contributed by atoms with Gasteiger partial charge in [0.25, 0.3) is 0 Å². The maximum atomic E-state index is 6.54. The maximum Gasteiger partial charge on any atom is 0.136 e. The molecule has 0 unspecified atom stereocenters. The fraction of sp³-hybridized carbons (Fsp3) is 0.0476. The average Bonchev–Trinajstić information content (AvgIpc) is 3.85. The summed E-state index contributed by atoms with van der Waals surface area (Å²) in [5.41, 5.74) is 17.4. The molecule has 0 saturated heterocycles. The van der Waals surface area contributed by atoms with E-state index in [1.807, 2.05) is 6.07 Å². The molecule has 1 aromatic heterocycles. The Morgan fingerprint density at radius 3 is 1.55 bits per heavy atom. The Balaban J connectivity index is 1.00. The maximum absolute atomic E-state index is 6.54. The highest BCUT2D eigenvalue weighted by Crippen LogP contribution is 2.51. The van der Waals surface area contributed by atoms with Crippen LogP contribution in [0.15, 0.2) is 229 Å². The standard InChI is InChI=1S/C63H43NO/c1-63(2)57-22-12-10-19-51(57)52-35-33-46(39-58(52)63)64(44-29-24-41(25-30-44)40-14-4-3-5-15-40)45-31-26-42(27-32-45)47-36-37-56-50-18-7-6-16-48(50)49-17-8-9-21-55(49)62(56)61(47)43-28-34-54-53-20-11-13-23-59(53)65-60(54)38-43/h3-39H,1-2H3. The van der Waals surface area contributed by atoms with Gasteiger partial charge in [-0.2, -0.15) is 0 Å². The van der Waals surface area contributed by atoms with Gasteiger partial charge in [-0.05, 0) is 143 Å². The molecule has 0 saturated carbocycles. The first-order chi connectivity index (χ1) is 32.0. The van der Waals surface area contributed by atoms with Crippen LogP contribution in [0.1, 0.15) is 25.0 Å². The van der Waals surface area contributed by atoms with Crippen LogP contribution in [0.25, 0.3) is 98.8 Å². The SMILES string of the molecule is CC1(C)c2ccccc2-c2ccc(N(c3ccc(-c4ccccc4)cc3)c3ccc(-c4ccc5c6ccccc6c6ccccc6c5c4-c4ccc5c(c4)oc4ccccc45)cc3)cc21. The summed E-state index contributed by atoms with van der Waals surface area (Å²) in [5.74, 6) is 0. The highest BCUT2D eigenvalue weighted by molar-refractivity contribution is 6.30. The van der Waals surface area contributed by atoms with Crippen molar-refractivity contribution in [1.29, 1.82) is 0 Å². The molecule has 0 amide bonds. The molecule has 0 atom stereocenters. The largest absolute Gasteiger partial charge is 0.456 e. The van der Waals surface area contributed by atoms with Crippen molar-refractivity contribution in [3.63, 3.8) is 0 Å². The Kier molecular flexibility index (Phi) is 8.29. The minimum absolute atomic E-state index is 0.123. The Bertz CT molecular complexity index is 3800. The average molecular weight is 830 g/mol. The Labute approximate surface area is 378 Å². The number of nitrogens with zero attached hydrogens (tertiary/aromatic N) is 1. The van der Waals surface area contributed by atoms with Gasteiger partial charge in [0.2, 0.25) is 0 Å². The van der Waals surface area contributed by atoms with Crippen LogP contribution in [0.5, 0.6) is 0 Å². The highest BCUT2D eigenvalue weighted by Gasteiger charge is 2.35. The lowest BCUT2D eigenvalue weighted by Crippen LogP contribution is -2.16. The topological polar surface area (TPSA) is 16.4 Å². The molecule has 0 spiro atoms. The van der Waals surface area contributed by atoms with Gasteiger partial charge in [0.05, 0.1) is 0 Å². The molecule has 2 nitrogen and oxygen atoms in total. The molecule has 1 heterocycles. The molecular weight excluding hydrogens is 787 g/mol. The van der Waals surface area contributed by atoms with E-state index >= 15 is 0 Å². The summed E-state index contributed by atoms with van der Waals surface area (Å²) in [6, 6.07) is 82.2. The summed E-state index contributed by atoms with van der Waals surface area (Å²) < 4.78 is 6.54. The summed E-state index contributed by atoms with van der Waals surface area (Å²) in [6.45, 7) is 4.71. The van der Waals surface area contributed by atoms with Crippen LogP contribution in [-0.4, -0.2) is 0 Å². The van der Waals surface area contributed by atoms with E-state index in [4.69, 9.17) is 4.42 Å². The normalized spacial score (nSPS) is 12.9. The van der Waals surface area contributed by atoms with Crippen molar-refractivity contribution >= 4 is 71.3 Å². The second kappa shape index (κ2) is 14.4. The third kappa shape index (κ3) is 5.81. The second-order valence-electron chi connectivity index (χ2n) is 18.0. The van der Waals surface area contributed by atoms with Crippen LogP contribution in [-0.2, 0) is 5.41 Å². The lowest BCUT2D eigenvalue weighted by molar-refractivity contribution is 0.660. The minimum atomic E-state index is -0.123. The van der Waals surface area contributed by atoms with Gasteiger partial charge >= 0.3 is 0 Å². The summed E-state index contributed by atoms with van der Waals surface area (Å²) in [7, 11) is 0. The Morgan fingerprint density at radius 1 is 0.323 bits per heavy atom. The van der Waals surface area contributed by atoms with Gasteiger partial charge in [0, 0.05) is 33.2 Å². The number of para-hydroxylation sites is 1. The zero-order valence-electron chi connectivity index (χ0n) is 36.2. The molecule has 306 valence electrons. The van der Waals surface area contributed by atoms with E-state index in [9.17, 15) is 0 Å². The second-order valence-corrected chi connectivity index (χ2v) is 18.0. The number of hydrogen-bond acceptors (Lipinski definition) is 2. The summed E-state index contributed by atoms with van der Waals surface area (Å²) in [4.78, 5) is 2.41. The Hall–Kier alpha value is -8.20. The van der Waals surface area contributed by atoms with E-state index in [0.717, 1.165) is 50.1 Å². The monoisotopic (exact) mass is 829 g/mol. The fourth-order valence-electron chi connectivity index (χ4n) is 10.9. The van der Waals surface area contributed by atoms with Gasteiger partial charge in [0.15, 0.2) is 0 Å². The molecule has 13 rings (SSSR count). The van der Waals surface area contributed by atoms with Crippen LogP contribution < -0.4 is 4.90 Å². The molecule has 0 N–H and O–H groups in total. The van der Waals surface area contributed by atoms with Gasteiger partial charge in [0.1, 0.15) is 11.2 Å². The molecule has 1 aliphatic carbocycles. The molecular formula is C63H43NO. The zero-order chi connectivity index (χ0) is 43.2. The molecule has 0 fully saturated rings. The van der Waals surface area contributed by atoms with E-state index in [2.05, 4.69) is 237 Å². The first-order valence-electron chi connectivity index (χ1n) is 22.6.